The lowest BCUT2D eigenvalue weighted by molar-refractivity contribution is -0.144. The van der Waals surface area contributed by atoms with E-state index in [9.17, 15) is 63.0 Å². The number of amides is 10. The molecule has 0 spiro atoms. The molecule has 0 aliphatic carbocycles. The van der Waals surface area contributed by atoms with Crippen LogP contribution in [0.5, 0.6) is 0 Å². The van der Waals surface area contributed by atoms with Crippen molar-refractivity contribution < 1.29 is 63.0 Å². The summed E-state index contributed by atoms with van der Waals surface area (Å²) in [6.07, 6.45) is 1.14. The Balaban J connectivity index is 1.98. The van der Waals surface area contributed by atoms with E-state index in [1.807, 2.05) is 0 Å². The van der Waals surface area contributed by atoms with E-state index in [-0.39, 0.29) is 63.5 Å². The second-order valence-electron chi connectivity index (χ2n) is 17.7. The lowest BCUT2D eigenvalue weighted by Gasteiger charge is -2.26. The van der Waals surface area contributed by atoms with Gasteiger partial charge in [0.2, 0.25) is 59.1 Å². The first-order valence-corrected chi connectivity index (χ1v) is 22.8. The highest BCUT2D eigenvalue weighted by molar-refractivity contribution is 5.97. The van der Waals surface area contributed by atoms with E-state index in [0.29, 0.717) is 32.2 Å². The first-order valence-electron chi connectivity index (χ1n) is 22.8. The lowest BCUT2D eigenvalue weighted by Crippen LogP contribution is -2.57. The third kappa shape index (κ3) is 21.0. The Labute approximate surface area is 389 Å². The molecule has 10 amide bonds. The Morgan fingerprint density at radius 3 is 1.82 bits per heavy atom. The fraction of sp³-hybridized carbons (Fsp3) is 0.738. The topological polar surface area (TPSA) is 392 Å². The molecule has 0 bridgehead atoms. The third-order valence-corrected chi connectivity index (χ3v) is 10.9. The van der Waals surface area contributed by atoms with Crippen molar-refractivity contribution in [2.24, 2.45) is 23.3 Å². The number of hydrogen-bond acceptors (Lipinski definition) is 14. The van der Waals surface area contributed by atoms with E-state index in [1.165, 1.54) is 11.8 Å². The molecule has 8 atom stereocenters. The maximum atomic E-state index is 13.4. The van der Waals surface area contributed by atoms with Crippen LogP contribution in [0, 0.1) is 11.8 Å². The van der Waals surface area contributed by atoms with Gasteiger partial charge in [-0.3, -0.25) is 47.9 Å². The van der Waals surface area contributed by atoms with Crippen LogP contribution in [0.1, 0.15) is 98.8 Å². The molecule has 15 N–H and O–H groups in total. The number of carboxylic acid groups (broad SMARTS) is 1. The molecule has 0 unspecified atom stereocenters. The average molecular weight is 953 g/mol. The highest BCUT2D eigenvalue weighted by atomic mass is 16.4. The molecule has 2 aliphatic rings. The highest BCUT2D eigenvalue weighted by Crippen LogP contribution is 2.18. The van der Waals surface area contributed by atoms with Crippen LogP contribution in [-0.2, 0) is 52.7 Å². The van der Waals surface area contributed by atoms with Crippen molar-refractivity contribution in [1.29, 1.82) is 0 Å². The Morgan fingerprint density at radius 2 is 1.25 bits per heavy atom. The number of carbonyl (C=O) groups is 11. The lowest BCUT2D eigenvalue weighted by atomic mass is 10.0. The van der Waals surface area contributed by atoms with Gasteiger partial charge in [-0.1, -0.05) is 27.7 Å². The normalized spacial score (nSPS) is 18.9. The third-order valence-electron chi connectivity index (χ3n) is 10.9. The van der Waals surface area contributed by atoms with E-state index in [2.05, 4.69) is 47.9 Å². The summed E-state index contributed by atoms with van der Waals surface area (Å²) in [4.78, 5) is 142. The van der Waals surface area contributed by atoms with Crippen LogP contribution >= 0.6 is 0 Å². The first kappa shape index (κ1) is 57.2. The molecule has 2 saturated heterocycles. The number of likely N-dealkylation sites (tertiary alicyclic amines) is 1. The number of carbonyl (C=O) groups excluding carboxylic acids is 10. The molecule has 0 aromatic rings. The minimum atomic E-state index is -1.35. The molecular formula is C42H72N12O13. The summed E-state index contributed by atoms with van der Waals surface area (Å²) >= 11 is 0. The number of aliphatic carboxylic acids is 1. The van der Waals surface area contributed by atoms with Gasteiger partial charge in [0.15, 0.2) is 0 Å². The zero-order valence-electron chi connectivity index (χ0n) is 39.1. The highest BCUT2D eigenvalue weighted by Gasteiger charge is 2.36. The van der Waals surface area contributed by atoms with Gasteiger partial charge < -0.3 is 74.4 Å². The summed E-state index contributed by atoms with van der Waals surface area (Å²) in [5, 5.41) is 41.9. The van der Waals surface area contributed by atoms with E-state index in [1.54, 1.807) is 27.7 Å². The smallest absolute Gasteiger partial charge is 0.326 e. The van der Waals surface area contributed by atoms with Crippen molar-refractivity contribution in [3.05, 3.63) is 0 Å². The molecule has 2 rings (SSSR count). The van der Waals surface area contributed by atoms with Gasteiger partial charge in [0, 0.05) is 19.5 Å². The van der Waals surface area contributed by atoms with Gasteiger partial charge in [-0.25, -0.2) is 4.79 Å². The fourth-order valence-corrected chi connectivity index (χ4v) is 7.38. The summed E-state index contributed by atoms with van der Waals surface area (Å²) in [6.45, 7) is 7.63. The Morgan fingerprint density at radius 1 is 0.672 bits per heavy atom. The number of aliphatic hydroxyl groups is 1. The molecule has 25 nitrogen and oxygen atoms in total. The van der Waals surface area contributed by atoms with Crippen LogP contribution in [0.25, 0.3) is 0 Å². The fourth-order valence-electron chi connectivity index (χ4n) is 7.38. The Hall–Kier alpha value is -5.95. The summed E-state index contributed by atoms with van der Waals surface area (Å²) in [5.41, 5.74) is 10.8. The van der Waals surface area contributed by atoms with Crippen molar-refractivity contribution >= 4 is 65.0 Å². The number of hydrogen-bond donors (Lipinski definition) is 13. The minimum Gasteiger partial charge on any atom is -0.480 e. The molecule has 0 saturated carbocycles. The SMILES string of the molecule is CC(C)C[C@@H](NC(=O)CNC(=O)[C@@H](CC(C)C)NC(=O)[C@H](CCC(N)=O)NC(=O)CNC(=O)[C@@H]1C[C@@H](O)CN1)C(=O)N[C@H](C)C(=O)NCC(=O)N1CCC[C@H]1C(=O)N[C@@H](CCCCN)C(=O)O. The summed E-state index contributed by atoms with van der Waals surface area (Å²) in [5.74, 6) is -8.65. The van der Waals surface area contributed by atoms with Crippen LogP contribution < -0.4 is 59.3 Å². The van der Waals surface area contributed by atoms with Crippen molar-refractivity contribution in [3.63, 3.8) is 0 Å². The van der Waals surface area contributed by atoms with Gasteiger partial charge in [-0.2, -0.15) is 0 Å². The zero-order chi connectivity index (χ0) is 50.4. The van der Waals surface area contributed by atoms with Gasteiger partial charge in [-0.05, 0) is 83.1 Å². The minimum absolute atomic E-state index is 0.0903. The number of nitrogens with zero attached hydrogens (tertiary/aromatic N) is 1. The molecule has 67 heavy (non-hydrogen) atoms. The maximum absolute atomic E-state index is 13.4. The number of nitrogens with one attached hydrogen (secondary N) is 9. The molecule has 378 valence electrons. The van der Waals surface area contributed by atoms with Crippen LogP contribution in [0.15, 0.2) is 0 Å². The molecule has 0 aromatic carbocycles. The average Bonchev–Trinajstić information content (AvgIpc) is 3.93. The van der Waals surface area contributed by atoms with E-state index in [4.69, 9.17) is 11.5 Å². The monoisotopic (exact) mass is 953 g/mol. The van der Waals surface area contributed by atoms with Crippen molar-refractivity contribution in [3.8, 4) is 0 Å². The number of aliphatic hydroxyl groups excluding tert-OH is 1. The van der Waals surface area contributed by atoms with Crippen molar-refractivity contribution in [2.45, 2.75) is 147 Å². The second kappa shape index (κ2) is 28.9. The van der Waals surface area contributed by atoms with Crippen LogP contribution in [0.2, 0.25) is 0 Å². The number of unbranched alkanes of at least 4 members (excludes halogenated alkanes) is 1. The molecule has 25 heteroatoms. The van der Waals surface area contributed by atoms with E-state index >= 15 is 0 Å². The number of rotatable bonds is 29. The summed E-state index contributed by atoms with van der Waals surface area (Å²) in [7, 11) is 0. The molecule has 2 heterocycles. The molecular weight excluding hydrogens is 881 g/mol. The van der Waals surface area contributed by atoms with Crippen molar-refractivity contribution in [1.82, 2.24) is 52.8 Å². The van der Waals surface area contributed by atoms with Gasteiger partial charge in [0.25, 0.3) is 0 Å². The number of nitrogens with two attached hydrogens (primary N) is 2. The standard InChI is InChI=1S/C42H72N12O13/c1-22(2)15-29(53-39(63)26(11-12-32(44)56)50-33(57)19-46-37(61)28-17-25(55)18-45-28)38(62)47-20-34(58)51-30(16-23(3)4)40(64)49-24(5)36(60)48-21-35(59)54-14-8-10-31(54)41(65)52-27(42(66)67)9-6-7-13-43/h22-31,45,55H,6-21,43H2,1-5H3,(H2,44,56)(H,46,61)(H,47,62)(H,48,60)(H,49,64)(H,50,57)(H,51,58)(H,52,65)(H,53,63)(H,66,67)/t24-,25-,26+,27+,28+,29-,30-,31+/m1/s1. The van der Waals surface area contributed by atoms with Crippen LogP contribution in [0.4, 0.5) is 0 Å². The van der Waals surface area contributed by atoms with Gasteiger partial charge >= 0.3 is 5.97 Å². The Kier molecular flexibility index (Phi) is 24.7. The molecule has 0 radical (unpaired) electrons. The number of primary amides is 1. The van der Waals surface area contributed by atoms with E-state index in [0.717, 1.165) is 0 Å². The molecule has 0 aromatic heterocycles. The second-order valence-corrected chi connectivity index (χ2v) is 17.7. The first-order chi connectivity index (χ1) is 31.5. The van der Waals surface area contributed by atoms with Crippen molar-refractivity contribution in [2.75, 3.05) is 39.3 Å². The predicted octanol–water partition coefficient (Wildman–Crippen LogP) is -4.94. The van der Waals surface area contributed by atoms with Crippen LogP contribution in [-0.4, -0.2) is 168 Å². The van der Waals surface area contributed by atoms with Gasteiger partial charge in [0.1, 0.15) is 36.3 Å². The largest absolute Gasteiger partial charge is 0.480 e. The number of β-amino-alcohol motifs (C(OH)–C–C–N with tert-alkyl or cyclic N) is 1. The Bertz CT molecular complexity index is 1770. The number of carboxylic acids is 1. The van der Waals surface area contributed by atoms with Crippen LogP contribution in [0.3, 0.4) is 0 Å². The maximum Gasteiger partial charge on any atom is 0.326 e. The van der Waals surface area contributed by atoms with E-state index < -0.39 is 133 Å². The zero-order valence-corrected chi connectivity index (χ0v) is 39.1. The molecule has 2 aliphatic heterocycles. The van der Waals surface area contributed by atoms with Gasteiger partial charge in [0.05, 0.1) is 31.8 Å². The van der Waals surface area contributed by atoms with Gasteiger partial charge in [-0.15, -0.1) is 0 Å². The summed E-state index contributed by atoms with van der Waals surface area (Å²) in [6, 6.07) is -7.70. The molecule has 2 fully saturated rings. The predicted molar refractivity (Wildman–Crippen MR) is 239 cm³/mol. The summed E-state index contributed by atoms with van der Waals surface area (Å²) < 4.78 is 0. The quantitative estimate of drug-likeness (QED) is 0.0313.